The predicted molar refractivity (Wildman–Crippen MR) is 162 cm³/mol. The van der Waals surface area contributed by atoms with Crippen molar-refractivity contribution in [2.75, 3.05) is 47.0 Å². The summed E-state index contributed by atoms with van der Waals surface area (Å²) in [4.78, 5) is 20.9. The summed E-state index contributed by atoms with van der Waals surface area (Å²) in [6.07, 6.45) is 12.6. The zero-order valence-electron chi connectivity index (χ0n) is 24.5. The van der Waals surface area contributed by atoms with Gasteiger partial charge in [-0.15, -0.1) is 0 Å². The number of aliphatic hydroxyl groups excluding tert-OH is 1. The molecule has 0 bridgehead atoms. The van der Waals surface area contributed by atoms with Crippen LogP contribution in [0.1, 0.15) is 50.9 Å². The first-order chi connectivity index (χ1) is 19.3. The highest BCUT2D eigenvalue weighted by molar-refractivity contribution is 5.96. The van der Waals surface area contributed by atoms with E-state index in [1.807, 2.05) is 68.2 Å². The molecule has 0 saturated carbocycles. The molecule has 1 aromatic heterocycles. The monoisotopic (exact) mass is 549 g/mol. The van der Waals surface area contributed by atoms with Gasteiger partial charge in [0.15, 0.2) is 0 Å². The molecule has 2 aliphatic rings. The smallest absolute Gasteiger partial charge is 0.253 e. The SMILES string of the molecule is C=C(F)/C(=C\C=C/C)CN1CC2(CCN(C(=O)C(/C=C\C)=C/C)CC2)c2c([nH]c3ccccc23)C1CO.COC. The van der Waals surface area contributed by atoms with Gasteiger partial charge in [-0.05, 0) is 45.2 Å². The molecular formula is C33H44FN3O3. The summed E-state index contributed by atoms with van der Waals surface area (Å²) in [5, 5.41) is 11.7. The van der Waals surface area contributed by atoms with Crippen molar-refractivity contribution in [3.8, 4) is 0 Å². The van der Waals surface area contributed by atoms with Crippen molar-refractivity contribution in [2.24, 2.45) is 0 Å². The highest BCUT2D eigenvalue weighted by Crippen LogP contribution is 2.49. The number of ether oxygens (including phenoxy) is 1. The number of H-pyrrole nitrogens is 1. The van der Waals surface area contributed by atoms with E-state index in [4.69, 9.17) is 0 Å². The van der Waals surface area contributed by atoms with Crippen molar-refractivity contribution in [1.82, 2.24) is 14.8 Å². The standard InChI is InChI=1S/C31H38FN3O2.C2H6O/c1-5-8-12-24(22(4)32)19-35-21-31(15-17-34(18-16-31)30(37)23(7-3)11-6-2)28-25-13-9-10-14-26(25)33-29(28)27(35)20-36;1-3-2/h5-14,27,33,36H,4,15-21H2,1-3H3;1-2H3/b8-5-,11-6-,23-7+,24-12-;. The normalized spacial score (nSPS) is 19.8. The van der Waals surface area contributed by atoms with Gasteiger partial charge < -0.3 is 19.7 Å². The third-order valence-electron chi connectivity index (χ3n) is 7.84. The van der Waals surface area contributed by atoms with E-state index < -0.39 is 5.83 Å². The molecule has 7 heteroatoms. The molecule has 2 N–H and O–H groups in total. The molecule has 1 fully saturated rings. The number of benzene rings is 1. The number of allylic oxidation sites excluding steroid dienone is 5. The average Bonchev–Trinajstić information content (AvgIpc) is 3.35. The number of amides is 1. The molecule has 6 nitrogen and oxygen atoms in total. The van der Waals surface area contributed by atoms with Gasteiger partial charge in [0.25, 0.3) is 5.91 Å². The van der Waals surface area contributed by atoms with Crippen LogP contribution < -0.4 is 0 Å². The molecule has 0 radical (unpaired) electrons. The van der Waals surface area contributed by atoms with E-state index in [9.17, 15) is 14.3 Å². The van der Waals surface area contributed by atoms with E-state index in [-0.39, 0.29) is 24.0 Å². The number of methoxy groups -OCH3 is 1. The van der Waals surface area contributed by atoms with Crippen LogP contribution in [0.4, 0.5) is 4.39 Å². The molecule has 0 aliphatic carbocycles. The Morgan fingerprint density at radius 3 is 2.45 bits per heavy atom. The van der Waals surface area contributed by atoms with Crippen LogP contribution in [-0.4, -0.2) is 72.8 Å². The fraction of sp³-hybridized carbons (Fsp3) is 0.424. The number of hydrogen-bond acceptors (Lipinski definition) is 4. The number of carbonyl (C=O) groups excluding carboxylic acids is 1. The van der Waals surface area contributed by atoms with Crippen molar-refractivity contribution >= 4 is 16.8 Å². The average molecular weight is 550 g/mol. The zero-order valence-corrected chi connectivity index (χ0v) is 24.5. The number of hydrogen-bond donors (Lipinski definition) is 2. The molecule has 4 rings (SSSR count). The maximum atomic E-state index is 14.4. The molecule has 1 amide bonds. The lowest BCUT2D eigenvalue weighted by atomic mass is 9.68. The fourth-order valence-corrected chi connectivity index (χ4v) is 5.98. The molecule has 3 heterocycles. The number of para-hydroxylation sites is 1. The Labute approximate surface area is 238 Å². The van der Waals surface area contributed by atoms with Gasteiger partial charge >= 0.3 is 0 Å². The van der Waals surface area contributed by atoms with E-state index in [1.54, 1.807) is 20.3 Å². The number of fused-ring (bicyclic) bond motifs is 4. The molecule has 216 valence electrons. The number of carbonyl (C=O) groups is 1. The summed E-state index contributed by atoms with van der Waals surface area (Å²) >= 11 is 0. The number of likely N-dealkylation sites (tertiary alicyclic amines) is 1. The maximum Gasteiger partial charge on any atom is 0.253 e. The Morgan fingerprint density at radius 1 is 1.20 bits per heavy atom. The third-order valence-corrected chi connectivity index (χ3v) is 7.84. The Hall–Kier alpha value is -3.26. The van der Waals surface area contributed by atoms with Gasteiger partial charge in [-0.1, -0.05) is 61.2 Å². The Bertz CT molecular complexity index is 1300. The van der Waals surface area contributed by atoms with Gasteiger partial charge in [-0.2, -0.15) is 0 Å². The summed E-state index contributed by atoms with van der Waals surface area (Å²) in [5.74, 6) is -0.407. The molecular weight excluding hydrogens is 505 g/mol. The van der Waals surface area contributed by atoms with E-state index in [2.05, 4.69) is 33.3 Å². The van der Waals surface area contributed by atoms with Crippen LogP contribution in [0, 0.1) is 0 Å². The van der Waals surface area contributed by atoms with Crippen LogP contribution in [0.2, 0.25) is 0 Å². The molecule has 1 aromatic carbocycles. The lowest BCUT2D eigenvalue weighted by Crippen LogP contribution is -2.55. The minimum absolute atomic E-state index is 0.0563. The zero-order chi connectivity index (χ0) is 29.3. The summed E-state index contributed by atoms with van der Waals surface area (Å²) in [7, 11) is 3.25. The lowest BCUT2D eigenvalue weighted by molar-refractivity contribution is -0.128. The minimum atomic E-state index is -0.463. The minimum Gasteiger partial charge on any atom is -0.394 e. The first kappa shape index (κ1) is 31.3. The highest BCUT2D eigenvalue weighted by atomic mass is 19.1. The number of aliphatic hydroxyl groups is 1. The molecule has 2 aromatic rings. The Balaban J connectivity index is 0.00000141. The van der Waals surface area contributed by atoms with Crippen LogP contribution in [0.15, 0.2) is 84.3 Å². The number of aromatic nitrogens is 1. The number of rotatable bonds is 7. The van der Waals surface area contributed by atoms with Crippen LogP contribution >= 0.6 is 0 Å². The fourth-order valence-electron chi connectivity index (χ4n) is 5.98. The van der Waals surface area contributed by atoms with Gasteiger partial charge in [0.1, 0.15) is 5.83 Å². The first-order valence-electron chi connectivity index (χ1n) is 13.9. The molecule has 1 atom stereocenters. The topological polar surface area (TPSA) is 68.8 Å². The number of halogens is 1. The van der Waals surface area contributed by atoms with Crippen molar-refractivity contribution in [3.05, 3.63) is 95.5 Å². The Morgan fingerprint density at radius 2 is 1.88 bits per heavy atom. The second kappa shape index (κ2) is 14.4. The maximum absolute atomic E-state index is 14.4. The van der Waals surface area contributed by atoms with Crippen LogP contribution in [0.3, 0.4) is 0 Å². The number of piperidine rings is 1. The lowest BCUT2D eigenvalue weighted by Gasteiger charge is -2.50. The van der Waals surface area contributed by atoms with Gasteiger partial charge in [-0.3, -0.25) is 9.69 Å². The second-order valence-corrected chi connectivity index (χ2v) is 10.4. The first-order valence-corrected chi connectivity index (χ1v) is 13.9. The molecule has 40 heavy (non-hydrogen) atoms. The van der Waals surface area contributed by atoms with Crippen LogP contribution in [0.25, 0.3) is 10.9 Å². The van der Waals surface area contributed by atoms with Gasteiger partial charge in [0.05, 0.1) is 12.6 Å². The van der Waals surface area contributed by atoms with Gasteiger partial charge in [-0.25, -0.2) is 4.39 Å². The second-order valence-electron chi connectivity index (χ2n) is 10.4. The van der Waals surface area contributed by atoms with E-state index in [0.29, 0.717) is 37.3 Å². The van der Waals surface area contributed by atoms with Crippen LogP contribution in [0.5, 0.6) is 0 Å². The summed E-state index contributed by atoms with van der Waals surface area (Å²) in [5.41, 5.74) is 4.25. The van der Waals surface area contributed by atoms with E-state index in [0.717, 1.165) is 29.4 Å². The number of nitrogens with zero attached hydrogens (tertiary/aromatic N) is 2. The van der Waals surface area contributed by atoms with Crippen molar-refractivity contribution in [1.29, 1.82) is 0 Å². The van der Waals surface area contributed by atoms with Crippen molar-refractivity contribution in [2.45, 2.75) is 45.1 Å². The van der Waals surface area contributed by atoms with Crippen molar-refractivity contribution in [3.63, 3.8) is 0 Å². The number of nitrogens with one attached hydrogen (secondary N) is 1. The quantitative estimate of drug-likeness (QED) is 0.321. The van der Waals surface area contributed by atoms with Gasteiger partial charge in [0, 0.05) is 73.6 Å². The van der Waals surface area contributed by atoms with E-state index >= 15 is 0 Å². The molecule has 1 unspecified atom stereocenters. The molecule has 2 aliphatic heterocycles. The summed E-state index contributed by atoms with van der Waals surface area (Å²) < 4.78 is 18.7. The number of aromatic amines is 1. The van der Waals surface area contributed by atoms with Crippen LogP contribution in [-0.2, 0) is 14.9 Å². The van der Waals surface area contributed by atoms with E-state index in [1.165, 1.54) is 5.56 Å². The third kappa shape index (κ3) is 6.54. The summed E-state index contributed by atoms with van der Waals surface area (Å²) in [6, 6.07) is 7.97. The molecule has 1 spiro atoms. The van der Waals surface area contributed by atoms with Crippen molar-refractivity contribution < 1.29 is 19.0 Å². The molecule has 1 saturated heterocycles. The predicted octanol–water partition coefficient (Wildman–Crippen LogP) is 6.15. The highest BCUT2D eigenvalue weighted by Gasteiger charge is 2.48. The summed E-state index contributed by atoms with van der Waals surface area (Å²) in [6.45, 7) is 11.5. The Kier molecular flexibility index (Phi) is 11.3. The van der Waals surface area contributed by atoms with Gasteiger partial charge in [0.2, 0.25) is 0 Å². The largest absolute Gasteiger partial charge is 0.394 e.